The van der Waals surface area contributed by atoms with Gasteiger partial charge < -0.3 is 9.72 Å². The largest absolute Gasteiger partial charge is 0.451 e. The van der Waals surface area contributed by atoms with E-state index in [1.165, 1.54) is 10.9 Å². The van der Waals surface area contributed by atoms with Crippen LogP contribution in [0, 0.1) is 5.82 Å². The second-order valence-electron chi connectivity index (χ2n) is 7.94. The van der Waals surface area contributed by atoms with Crippen LogP contribution in [0.25, 0.3) is 17.0 Å². The van der Waals surface area contributed by atoms with Gasteiger partial charge in [0.1, 0.15) is 17.1 Å². The van der Waals surface area contributed by atoms with E-state index in [0.717, 1.165) is 37.1 Å². The number of imidazole rings is 1. The third-order valence-electron chi connectivity index (χ3n) is 6.24. The van der Waals surface area contributed by atoms with Gasteiger partial charge in [0.15, 0.2) is 5.82 Å². The number of esters is 1. The number of fused-ring (bicyclic) bond motifs is 3. The standard InChI is InChI=1S/C22H18FN5O2/c23-16-7-3-4-8-17(16)28-26-19-20(27-28)25-18(24-19)13-9-11-22(12-10-13)15-6-2-1-5-14(15)21(29)30-22/h1-8,13H,9-12H2,(H,24,25,26,27). The minimum atomic E-state index is -0.518. The van der Waals surface area contributed by atoms with Crippen LogP contribution in [-0.2, 0) is 10.3 Å². The zero-order valence-corrected chi connectivity index (χ0v) is 16.0. The highest BCUT2D eigenvalue weighted by atomic mass is 19.1. The van der Waals surface area contributed by atoms with Crippen molar-refractivity contribution in [2.24, 2.45) is 0 Å². The summed E-state index contributed by atoms with van der Waals surface area (Å²) in [5.41, 5.74) is 2.44. The van der Waals surface area contributed by atoms with E-state index in [9.17, 15) is 9.18 Å². The molecular formula is C22H18FN5O2. The zero-order chi connectivity index (χ0) is 20.3. The second-order valence-corrected chi connectivity index (χ2v) is 7.94. The van der Waals surface area contributed by atoms with E-state index in [-0.39, 0.29) is 23.4 Å². The average molecular weight is 403 g/mol. The molecule has 0 radical (unpaired) electrons. The summed E-state index contributed by atoms with van der Waals surface area (Å²) in [5, 5.41) is 8.67. The van der Waals surface area contributed by atoms with Crippen molar-refractivity contribution in [2.45, 2.75) is 37.2 Å². The Hall–Kier alpha value is -3.55. The number of halogens is 1. The van der Waals surface area contributed by atoms with E-state index in [4.69, 9.17) is 4.74 Å². The number of hydrogen-bond acceptors (Lipinski definition) is 5. The lowest BCUT2D eigenvalue weighted by Crippen LogP contribution is -2.31. The average Bonchev–Trinajstić information content (AvgIpc) is 3.41. The Morgan fingerprint density at radius 1 is 1.07 bits per heavy atom. The van der Waals surface area contributed by atoms with Crippen molar-refractivity contribution in [3.63, 3.8) is 0 Å². The zero-order valence-electron chi connectivity index (χ0n) is 16.0. The Bertz CT molecular complexity index is 1250. The lowest BCUT2D eigenvalue weighted by Gasteiger charge is -2.35. The predicted molar refractivity (Wildman–Crippen MR) is 106 cm³/mol. The summed E-state index contributed by atoms with van der Waals surface area (Å²) in [6.45, 7) is 0. The van der Waals surface area contributed by atoms with Crippen LogP contribution in [0.15, 0.2) is 48.5 Å². The second kappa shape index (κ2) is 6.22. The highest BCUT2D eigenvalue weighted by Gasteiger charge is 2.47. The van der Waals surface area contributed by atoms with Gasteiger partial charge in [-0.15, -0.1) is 15.0 Å². The number of H-pyrrole nitrogens is 1. The molecule has 2 aromatic carbocycles. The highest BCUT2D eigenvalue weighted by molar-refractivity contribution is 5.94. The first-order chi connectivity index (χ1) is 14.6. The molecule has 1 aliphatic heterocycles. The number of nitrogens with zero attached hydrogens (tertiary/aromatic N) is 4. The molecule has 3 heterocycles. The summed E-state index contributed by atoms with van der Waals surface area (Å²) >= 11 is 0. The van der Waals surface area contributed by atoms with Gasteiger partial charge in [0, 0.05) is 11.5 Å². The van der Waals surface area contributed by atoms with Gasteiger partial charge in [0.25, 0.3) is 0 Å². The van der Waals surface area contributed by atoms with Crippen LogP contribution in [0.1, 0.15) is 53.3 Å². The maximum Gasteiger partial charge on any atom is 0.339 e. The molecule has 0 bridgehead atoms. The number of benzene rings is 2. The summed E-state index contributed by atoms with van der Waals surface area (Å²) in [4.78, 5) is 21.4. The van der Waals surface area contributed by atoms with Gasteiger partial charge in [0.05, 0.1) is 5.56 Å². The van der Waals surface area contributed by atoms with Crippen molar-refractivity contribution >= 4 is 17.3 Å². The maximum absolute atomic E-state index is 14.0. The Morgan fingerprint density at radius 2 is 1.83 bits per heavy atom. The number of hydrogen-bond donors (Lipinski definition) is 1. The van der Waals surface area contributed by atoms with Crippen LogP contribution in [0.2, 0.25) is 0 Å². The van der Waals surface area contributed by atoms with Crippen molar-refractivity contribution < 1.29 is 13.9 Å². The topological polar surface area (TPSA) is 85.7 Å². The summed E-state index contributed by atoms with van der Waals surface area (Å²) in [7, 11) is 0. The number of ether oxygens (including phenoxy) is 1. The Labute approximate surface area is 170 Å². The molecule has 1 N–H and O–H groups in total. The third kappa shape index (κ3) is 2.49. The molecule has 2 aromatic heterocycles. The molecule has 1 fully saturated rings. The number of carbonyl (C=O) groups excluding carboxylic acids is 1. The Kier molecular flexibility index (Phi) is 3.59. The molecule has 0 amide bonds. The van der Waals surface area contributed by atoms with Gasteiger partial charge >= 0.3 is 5.97 Å². The Morgan fingerprint density at radius 3 is 2.63 bits per heavy atom. The molecule has 150 valence electrons. The molecular weight excluding hydrogens is 385 g/mol. The first-order valence-corrected chi connectivity index (χ1v) is 10.0. The van der Waals surface area contributed by atoms with Crippen LogP contribution < -0.4 is 0 Å². The van der Waals surface area contributed by atoms with Crippen molar-refractivity contribution in [1.29, 1.82) is 0 Å². The monoisotopic (exact) mass is 403 g/mol. The molecule has 6 rings (SSSR count). The number of aromatic nitrogens is 5. The summed E-state index contributed by atoms with van der Waals surface area (Å²) in [5.74, 6) is 0.416. The normalized spacial score (nSPS) is 23.1. The van der Waals surface area contributed by atoms with Crippen LogP contribution >= 0.6 is 0 Å². The van der Waals surface area contributed by atoms with Crippen LogP contribution in [0.4, 0.5) is 4.39 Å². The van der Waals surface area contributed by atoms with Gasteiger partial charge in [-0.3, -0.25) is 0 Å². The number of aromatic amines is 1. The molecule has 0 unspecified atom stereocenters. The molecule has 0 atom stereocenters. The van der Waals surface area contributed by atoms with Gasteiger partial charge in [-0.2, -0.15) is 0 Å². The highest BCUT2D eigenvalue weighted by Crippen LogP contribution is 2.49. The fourth-order valence-electron chi connectivity index (χ4n) is 4.71. The first kappa shape index (κ1) is 17.3. The predicted octanol–water partition coefficient (Wildman–Crippen LogP) is 4.01. The maximum atomic E-state index is 14.0. The smallest absolute Gasteiger partial charge is 0.339 e. The van der Waals surface area contributed by atoms with E-state index >= 15 is 0 Å². The van der Waals surface area contributed by atoms with E-state index in [1.54, 1.807) is 18.2 Å². The molecule has 1 aliphatic carbocycles. The summed E-state index contributed by atoms with van der Waals surface area (Å²) in [6, 6.07) is 14.0. The SMILES string of the molecule is O=C1OC2(CCC(c3nc4nn(-c5ccccc5F)nc4[nH]3)CC2)c2ccccc21. The van der Waals surface area contributed by atoms with Crippen LogP contribution in [0.5, 0.6) is 0 Å². The molecule has 4 aromatic rings. The lowest BCUT2D eigenvalue weighted by atomic mass is 9.75. The molecule has 1 saturated carbocycles. The quantitative estimate of drug-likeness (QED) is 0.511. The van der Waals surface area contributed by atoms with E-state index < -0.39 is 5.60 Å². The molecule has 1 spiro atoms. The first-order valence-electron chi connectivity index (χ1n) is 10.0. The lowest BCUT2D eigenvalue weighted by molar-refractivity contribution is -0.0312. The molecule has 8 heteroatoms. The molecule has 30 heavy (non-hydrogen) atoms. The fraction of sp³-hybridized carbons (Fsp3) is 0.273. The number of para-hydroxylation sites is 1. The van der Waals surface area contributed by atoms with Crippen molar-refractivity contribution in [3.05, 3.63) is 71.3 Å². The molecule has 7 nitrogen and oxygen atoms in total. The van der Waals surface area contributed by atoms with Gasteiger partial charge in [-0.05, 0) is 43.9 Å². The molecule has 0 saturated heterocycles. The van der Waals surface area contributed by atoms with Crippen LogP contribution in [-0.4, -0.2) is 30.9 Å². The van der Waals surface area contributed by atoms with E-state index in [1.807, 2.05) is 24.3 Å². The summed E-state index contributed by atoms with van der Waals surface area (Å²) < 4.78 is 19.8. The van der Waals surface area contributed by atoms with E-state index in [2.05, 4.69) is 20.2 Å². The third-order valence-corrected chi connectivity index (χ3v) is 6.24. The van der Waals surface area contributed by atoms with Gasteiger partial charge in [-0.1, -0.05) is 30.3 Å². The van der Waals surface area contributed by atoms with E-state index in [0.29, 0.717) is 16.9 Å². The number of nitrogens with one attached hydrogen (secondary N) is 1. The minimum absolute atomic E-state index is 0.208. The number of carbonyl (C=O) groups is 1. The number of rotatable bonds is 2. The van der Waals surface area contributed by atoms with Gasteiger partial charge in [0.2, 0.25) is 11.3 Å². The Balaban J connectivity index is 1.24. The van der Waals surface area contributed by atoms with Gasteiger partial charge in [-0.25, -0.2) is 14.2 Å². The minimum Gasteiger partial charge on any atom is -0.451 e. The summed E-state index contributed by atoms with van der Waals surface area (Å²) in [6.07, 6.45) is 3.18. The molecule has 2 aliphatic rings. The fourth-order valence-corrected chi connectivity index (χ4v) is 4.71. The van der Waals surface area contributed by atoms with Crippen molar-refractivity contribution in [2.75, 3.05) is 0 Å². The van der Waals surface area contributed by atoms with Crippen LogP contribution in [0.3, 0.4) is 0 Å². The van der Waals surface area contributed by atoms with Crippen molar-refractivity contribution in [3.8, 4) is 5.69 Å². The van der Waals surface area contributed by atoms with Crippen molar-refractivity contribution in [1.82, 2.24) is 25.0 Å².